The lowest BCUT2D eigenvalue weighted by Crippen LogP contribution is -2.27. The van der Waals surface area contributed by atoms with Gasteiger partial charge in [0.05, 0.1) is 12.1 Å². The minimum Gasteiger partial charge on any atom is -0.495 e. The first-order chi connectivity index (χ1) is 10.8. The van der Waals surface area contributed by atoms with Crippen molar-refractivity contribution in [3.63, 3.8) is 0 Å². The van der Waals surface area contributed by atoms with Crippen molar-refractivity contribution in [2.75, 3.05) is 7.11 Å². The van der Waals surface area contributed by atoms with Crippen molar-refractivity contribution in [3.05, 3.63) is 57.8 Å². The third-order valence-corrected chi connectivity index (χ3v) is 5.78. The summed E-state index contributed by atoms with van der Waals surface area (Å²) in [5.41, 5.74) is 0.616. The fourth-order valence-corrected chi connectivity index (χ4v) is 4.07. The molecule has 0 fully saturated rings. The maximum Gasteiger partial charge on any atom is 0.242 e. The van der Waals surface area contributed by atoms with Gasteiger partial charge in [-0.2, -0.15) is 0 Å². The Kier molecular flexibility index (Phi) is 5.52. The number of nitrogens with one attached hydrogen (secondary N) is 1. The average Bonchev–Trinajstić information content (AvgIpc) is 2.49. The van der Waals surface area contributed by atoms with Gasteiger partial charge in [0.15, 0.2) is 0 Å². The van der Waals surface area contributed by atoms with Gasteiger partial charge in [0.2, 0.25) is 10.0 Å². The summed E-state index contributed by atoms with van der Waals surface area (Å²) >= 11 is 12.0. The van der Waals surface area contributed by atoms with Crippen molar-refractivity contribution < 1.29 is 17.5 Å². The smallest absolute Gasteiger partial charge is 0.242 e. The summed E-state index contributed by atoms with van der Waals surface area (Å²) in [6.07, 6.45) is 0. The highest BCUT2D eigenvalue weighted by molar-refractivity contribution is 7.89. The molecular formula is C15H14Cl2FNO3S. The lowest BCUT2D eigenvalue weighted by molar-refractivity contribution is 0.414. The normalized spacial score (nSPS) is 12.9. The molecule has 2 rings (SSSR count). The highest BCUT2D eigenvalue weighted by Crippen LogP contribution is 2.36. The van der Waals surface area contributed by atoms with Crippen LogP contribution in [0.2, 0.25) is 10.0 Å². The number of benzene rings is 2. The maximum absolute atomic E-state index is 12.9. The van der Waals surface area contributed by atoms with Crippen LogP contribution in [-0.4, -0.2) is 15.5 Å². The van der Waals surface area contributed by atoms with Gasteiger partial charge in [-0.3, -0.25) is 0 Å². The number of hydrogen-bond acceptors (Lipinski definition) is 3. The lowest BCUT2D eigenvalue weighted by Gasteiger charge is -2.16. The van der Waals surface area contributed by atoms with Gasteiger partial charge in [-0.15, -0.1) is 0 Å². The van der Waals surface area contributed by atoms with E-state index in [0.29, 0.717) is 5.56 Å². The Morgan fingerprint density at radius 1 is 1.09 bits per heavy atom. The van der Waals surface area contributed by atoms with Crippen LogP contribution in [0.3, 0.4) is 0 Å². The van der Waals surface area contributed by atoms with E-state index in [4.69, 9.17) is 27.9 Å². The predicted molar refractivity (Wildman–Crippen MR) is 88.2 cm³/mol. The molecule has 0 spiro atoms. The largest absolute Gasteiger partial charge is 0.495 e. The van der Waals surface area contributed by atoms with Crippen molar-refractivity contribution in [2.45, 2.75) is 17.9 Å². The van der Waals surface area contributed by atoms with Crippen LogP contribution in [0.4, 0.5) is 4.39 Å². The predicted octanol–water partition coefficient (Wildman–Crippen LogP) is 4.18. The van der Waals surface area contributed by atoms with E-state index in [2.05, 4.69) is 4.72 Å². The van der Waals surface area contributed by atoms with Crippen LogP contribution in [0.25, 0.3) is 0 Å². The highest BCUT2D eigenvalue weighted by Gasteiger charge is 2.24. The molecule has 8 heteroatoms. The molecule has 0 heterocycles. The second kappa shape index (κ2) is 7.05. The van der Waals surface area contributed by atoms with Crippen LogP contribution >= 0.6 is 23.2 Å². The van der Waals surface area contributed by atoms with E-state index < -0.39 is 21.9 Å². The highest BCUT2D eigenvalue weighted by atomic mass is 35.5. The first kappa shape index (κ1) is 18.0. The molecule has 0 amide bonds. The van der Waals surface area contributed by atoms with Crippen LogP contribution in [0.1, 0.15) is 18.5 Å². The molecule has 0 aliphatic carbocycles. The van der Waals surface area contributed by atoms with Crippen molar-refractivity contribution in [1.82, 2.24) is 4.72 Å². The van der Waals surface area contributed by atoms with E-state index in [9.17, 15) is 12.8 Å². The molecule has 0 saturated carbocycles. The molecule has 0 aliphatic rings. The molecule has 0 saturated heterocycles. The Hall–Kier alpha value is -1.34. The molecule has 0 aliphatic heterocycles. The Morgan fingerprint density at radius 2 is 1.70 bits per heavy atom. The van der Waals surface area contributed by atoms with Gasteiger partial charge in [0.25, 0.3) is 0 Å². The first-order valence-electron chi connectivity index (χ1n) is 6.56. The molecule has 4 nitrogen and oxygen atoms in total. The molecule has 124 valence electrons. The van der Waals surface area contributed by atoms with Crippen LogP contribution in [0.5, 0.6) is 5.75 Å². The Bertz CT molecular complexity index is 810. The average molecular weight is 378 g/mol. The van der Waals surface area contributed by atoms with Crippen LogP contribution in [0.15, 0.2) is 41.3 Å². The van der Waals surface area contributed by atoms with E-state index in [0.717, 1.165) is 0 Å². The molecule has 0 aromatic heterocycles. The number of halogens is 3. The molecule has 1 atom stereocenters. The molecule has 2 aromatic carbocycles. The van der Waals surface area contributed by atoms with Crippen molar-refractivity contribution in [1.29, 1.82) is 0 Å². The number of rotatable bonds is 5. The molecule has 2 aromatic rings. The van der Waals surface area contributed by atoms with E-state index in [1.807, 2.05) is 0 Å². The SMILES string of the molecule is COc1ccc(S(=O)(=O)NC(C)c2ccc(F)cc2)c(Cl)c1Cl. The quantitative estimate of drug-likeness (QED) is 0.849. The van der Waals surface area contributed by atoms with Crippen LogP contribution < -0.4 is 9.46 Å². The van der Waals surface area contributed by atoms with Gasteiger partial charge in [-0.25, -0.2) is 17.5 Å². The maximum atomic E-state index is 12.9. The second-order valence-electron chi connectivity index (χ2n) is 4.79. The summed E-state index contributed by atoms with van der Waals surface area (Å²) in [5.74, 6) is -0.115. The summed E-state index contributed by atoms with van der Waals surface area (Å²) in [5, 5.41) is -0.101. The molecular weight excluding hydrogens is 364 g/mol. The zero-order valence-electron chi connectivity index (χ0n) is 12.3. The van der Waals surface area contributed by atoms with Crippen molar-refractivity contribution >= 4 is 33.2 Å². The van der Waals surface area contributed by atoms with Gasteiger partial charge in [-0.05, 0) is 36.8 Å². The fourth-order valence-electron chi connectivity index (χ4n) is 1.99. The third-order valence-electron chi connectivity index (χ3n) is 3.22. The summed E-state index contributed by atoms with van der Waals surface area (Å²) in [4.78, 5) is -0.154. The van der Waals surface area contributed by atoms with E-state index in [-0.39, 0.29) is 20.7 Å². The van der Waals surface area contributed by atoms with Gasteiger partial charge in [-0.1, -0.05) is 35.3 Å². The second-order valence-corrected chi connectivity index (χ2v) is 7.23. The van der Waals surface area contributed by atoms with E-state index in [1.165, 1.54) is 43.5 Å². The molecule has 23 heavy (non-hydrogen) atoms. The van der Waals surface area contributed by atoms with Gasteiger partial charge < -0.3 is 4.74 Å². The number of ether oxygens (including phenoxy) is 1. The monoisotopic (exact) mass is 377 g/mol. The van der Waals surface area contributed by atoms with Gasteiger partial charge >= 0.3 is 0 Å². The summed E-state index contributed by atoms with van der Waals surface area (Å²) in [6, 6.07) is 7.70. The number of hydrogen-bond donors (Lipinski definition) is 1. The lowest BCUT2D eigenvalue weighted by atomic mass is 10.1. The van der Waals surface area contributed by atoms with E-state index in [1.54, 1.807) is 6.92 Å². The third kappa shape index (κ3) is 3.95. The Balaban J connectivity index is 2.32. The van der Waals surface area contributed by atoms with Crippen molar-refractivity contribution in [2.24, 2.45) is 0 Å². The van der Waals surface area contributed by atoms with E-state index >= 15 is 0 Å². The zero-order chi connectivity index (χ0) is 17.2. The Labute approximate surface area is 144 Å². The summed E-state index contributed by atoms with van der Waals surface area (Å²) < 4.78 is 45.4. The zero-order valence-corrected chi connectivity index (χ0v) is 14.6. The minimum absolute atomic E-state index is 0.0199. The fraction of sp³-hybridized carbons (Fsp3) is 0.200. The molecule has 0 radical (unpaired) electrons. The topological polar surface area (TPSA) is 55.4 Å². The van der Waals surface area contributed by atoms with Crippen LogP contribution in [0, 0.1) is 5.82 Å². The number of methoxy groups -OCH3 is 1. The number of sulfonamides is 1. The standard InChI is InChI=1S/C15H14Cl2FNO3S/c1-9(10-3-5-11(18)6-4-10)19-23(20,21)13-8-7-12(22-2)14(16)15(13)17/h3-9,19H,1-2H3. The molecule has 1 unspecified atom stereocenters. The minimum atomic E-state index is -3.91. The van der Waals surface area contributed by atoms with Gasteiger partial charge in [0.1, 0.15) is 21.5 Å². The summed E-state index contributed by atoms with van der Waals surface area (Å²) in [6.45, 7) is 1.64. The molecule has 1 N–H and O–H groups in total. The summed E-state index contributed by atoms with van der Waals surface area (Å²) in [7, 11) is -2.51. The molecule has 0 bridgehead atoms. The van der Waals surface area contributed by atoms with Crippen LogP contribution in [-0.2, 0) is 10.0 Å². The van der Waals surface area contributed by atoms with Gasteiger partial charge in [0, 0.05) is 6.04 Å². The first-order valence-corrected chi connectivity index (χ1v) is 8.80. The Morgan fingerprint density at radius 3 is 2.26 bits per heavy atom. The van der Waals surface area contributed by atoms with Crippen molar-refractivity contribution in [3.8, 4) is 5.75 Å².